The average molecular weight is 564 g/mol. The Labute approximate surface area is 273 Å². The Morgan fingerprint density at radius 1 is 0.442 bits per heavy atom. The predicted molar refractivity (Wildman–Crippen MR) is 183 cm³/mol. The molecule has 0 bridgehead atoms. The SMILES string of the molecule is [2H]c1c([2H])c([2H])c(-c2c([2H])c([2H])c([2H])c(-c3c4c([2H])c([2H])c([2H])c([2H])c4c(-c4cccc5oc6cc7ccccc7cc6c45)c4c([2H])c([2H])c([2H])c([2H])c34)c2[2H])c([2H])c1[2H]. The van der Waals surface area contributed by atoms with E-state index < -0.39 is 125 Å². The van der Waals surface area contributed by atoms with Gasteiger partial charge >= 0.3 is 0 Å². The molecule has 0 N–H and O–H groups in total. The summed E-state index contributed by atoms with van der Waals surface area (Å²) in [6, 6.07) is 3.29. The molecule has 9 rings (SSSR count). The van der Waals surface area contributed by atoms with Crippen LogP contribution in [0.2, 0.25) is 0 Å². The van der Waals surface area contributed by atoms with Gasteiger partial charge in [-0.3, -0.25) is 0 Å². The molecule has 1 aromatic heterocycles. The Balaban J connectivity index is 1.58. The van der Waals surface area contributed by atoms with Crippen molar-refractivity contribution in [1.29, 1.82) is 0 Å². The molecule has 1 heteroatoms. The van der Waals surface area contributed by atoms with Crippen molar-refractivity contribution in [1.82, 2.24) is 0 Å². The van der Waals surface area contributed by atoms with Crippen LogP contribution in [-0.2, 0) is 0 Å². The molecule has 200 valence electrons. The van der Waals surface area contributed by atoms with Gasteiger partial charge in [-0.2, -0.15) is 0 Å². The van der Waals surface area contributed by atoms with Gasteiger partial charge in [-0.1, -0.05) is 133 Å². The highest BCUT2D eigenvalue weighted by molar-refractivity contribution is 6.26. The summed E-state index contributed by atoms with van der Waals surface area (Å²) in [7, 11) is 0. The fourth-order valence-corrected chi connectivity index (χ4v) is 5.83. The molecule has 0 saturated heterocycles. The second-order valence-corrected chi connectivity index (χ2v) is 9.98. The number of hydrogen-bond acceptors (Lipinski definition) is 1. The van der Waals surface area contributed by atoms with Crippen LogP contribution >= 0.6 is 0 Å². The number of fused-ring (bicyclic) bond motifs is 6. The summed E-state index contributed by atoms with van der Waals surface area (Å²) in [5.74, 6) is 0. The van der Waals surface area contributed by atoms with Gasteiger partial charge in [0.2, 0.25) is 0 Å². The van der Waals surface area contributed by atoms with Gasteiger partial charge in [-0.15, -0.1) is 0 Å². The minimum absolute atomic E-state index is 0.0312. The summed E-state index contributed by atoms with van der Waals surface area (Å²) in [6.07, 6.45) is 0. The molecule has 0 unspecified atom stereocenters. The molecule has 8 aromatic carbocycles. The van der Waals surface area contributed by atoms with Crippen LogP contribution in [0.25, 0.3) is 87.6 Å². The molecule has 0 aliphatic carbocycles. The van der Waals surface area contributed by atoms with E-state index in [0.29, 0.717) is 21.9 Å². The monoisotopic (exact) mass is 563 g/mol. The summed E-state index contributed by atoms with van der Waals surface area (Å²) in [4.78, 5) is 0. The molecule has 0 aliphatic rings. The third-order valence-electron chi connectivity index (χ3n) is 7.63. The van der Waals surface area contributed by atoms with Crippen LogP contribution in [0.3, 0.4) is 0 Å². The van der Waals surface area contributed by atoms with Crippen LogP contribution in [-0.4, -0.2) is 0 Å². The van der Waals surface area contributed by atoms with Crippen LogP contribution in [0.5, 0.6) is 0 Å². The molecular formula is C42H26O. The van der Waals surface area contributed by atoms with Crippen molar-refractivity contribution < 1.29 is 27.7 Å². The lowest BCUT2D eigenvalue weighted by atomic mass is 9.84. The zero-order valence-corrected chi connectivity index (χ0v) is 22.1. The third kappa shape index (κ3) is 3.72. The number of benzene rings is 8. The fraction of sp³-hybridized carbons (Fsp3) is 0. The van der Waals surface area contributed by atoms with Gasteiger partial charge in [0, 0.05) is 10.8 Å². The van der Waals surface area contributed by atoms with E-state index in [1.807, 2.05) is 36.4 Å². The Morgan fingerprint density at radius 3 is 1.77 bits per heavy atom. The van der Waals surface area contributed by atoms with Crippen LogP contribution in [0.1, 0.15) is 23.3 Å². The van der Waals surface area contributed by atoms with Crippen molar-refractivity contribution in [2.24, 2.45) is 0 Å². The van der Waals surface area contributed by atoms with Crippen molar-refractivity contribution in [2.45, 2.75) is 0 Å². The first-order valence-corrected chi connectivity index (χ1v) is 13.4. The molecule has 1 nitrogen and oxygen atoms in total. The largest absolute Gasteiger partial charge is 0.456 e. The van der Waals surface area contributed by atoms with E-state index in [9.17, 15) is 8.22 Å². The van der Waals surface area contributed by atoms with Gasteiger partial charge in [0.15, 0.2) is 0 Å². The summed E-state index contributed by atoms with van der Waals surface area (Å²) in [5, 5.41) is 1.53. The van der Waals surface area contributed by atoms with Gasteiger partial charge < -0.3 is 4.42 Å². The first-order chi connectivity index (χ1) is 28.4. The van der Waals surface area contributed by atoms with Crippen molar-refractivity contribution >= 4 is 54.3 Å². The highest BCUT2D eigenvalue weighted by Crippen LogP contribution is 2.47. The molecule has 1 heterocycles. The smallest absolute Gasteiger partial charge is 0.136 e. The Bertz CT molecular complexity index is 3350. The molecule has 0 radical (unpaired) electrons. The standard InChI is InChI=1S/C42H26O/c1-2-12-27(13-3-1)28-16-10-17-31(24-28)40-32-18-6-8-20-34(32)41(35-21-9-7-19-33(35)40)36-22-11-23-38-42(36)37-25-29-14-4-5-15-30(29)26-39(37)43-38/h1-26H/i1D,2D,3D,6D,7D,8D,9D,10D,12D,13D,16D,17D,18D,19D,20D,21D,24D. The first kappa shape index (κ1) is 12.7. The Hall–Kier alpha value is -5.66. The second-order valence-electron chi connectivity index (χ2n) is 9.98. The molecule has 0 amide bonds. The van der Waals surface area contributed by atoms with Crippen molar-refractivity contribution in [2.75, 3.05) is 0 Å². The summed E-state index contributed by atoms with van der Waals surface area (Å²) >= 11 is 0. The van der Waals surface area contributed by atoms with Crippen molar-refractivity contribution in [3.05, 3.63) is 157 Å². The van der Waals surface area contributed by atoms with Gasteiger partial charge in [-0.25, -0.2) is 0 Å². The lowest BCUT2D eigenvalue weighted by Gasteiger charge is -2.18. The van der Waals surface area contributed by atoms with E-state index in [-0.39, 0.29) is 32.7 Å². The average Bonchev–Trinajstić information content (AvgIpc) is 3.61. The van der Waals surface area contributed by atoms with E-state index in [0.717, 1.165) is 10.8 Å². The summed E-state index contributed by atoms with van der Waals surface area (Å²) < 4.78 is 158. The van der Waals surface area contributed by atoms with Gasteiger partial charge in [0.25, 0.3) is 0 Å². The van der Waals surface area contributed by atoms with Crippen LogP contribution < -0.4 is 0 Å². The molecule has 0 aliphatic heterocycles. The summed E-state index contributed by atoms with van der Waals surface area (Å²) in [5.41, 5.74) is -1.29. The molecule has 0 fully saturated rings. The summed E-state index contributed by atoms with van der Waals surface area (Å²) in [6.45, 7) is 0. The number of furan rings is 1. The van der Waals surface area contributed by atoms with E-state index in [1.54, 1.807) is 18.2 Å². The van der Waals surface area contributed by atoms with E-state index in [2.05, 4.69) is 0 Å². The molecule has 0 spiro atoms. The Morgan fingerprint density at radius 2 is 1.05 bits per heavy atom. The molecule has 9 aromatic rings. The molecule has 43 heavy (non-hydrogen) atoms. The zero-order chi connectivity index (χ0) is 43.1. The van der Waals surface area contributed by atoms with Gasteiger partial charge in [0.1, 0.15) is 11.2 Å². The number of hydrogen-bond donors (Lipinski definition) is 0. The van der Waals surface area contributed by atoms with Crippen molar-refractivity contribution in [3.63, 3.8) is 0 Å². The van der Waals surface area contributed by atoms with E-state index >= 15 is 0 Å². The van der Waals surface area contributed by atoms with E-state index in [4.69, 9.17) is 19.5 Å². The predicted octanol–water partition coefficient (Wildman–Crippen LogP) is 12.0. The van der Waals surface area contributed by atoms with E-state index in [1.165, 1.54) is 0 Å². The molecule has 0 saturated carbocycles. The maximum absolute atomic E-state index is 9.58. The maximum Gasteiger partial charge on any atom is 0.136 e. The third-order valence-corrected chi connectivity index (χ3v) is 7.63. The second kappa shape index (κ2) is 9.44. The lowest BCUT2D eigenvalue weighted by molar-refractivity contribution is 0.669. The molecule has 0 atom stereocenters. The highest BCUT2D eigenvalue weighted by Gasteiger charge is 2.20. The normalized spacial score (nSPS) is 17.3. The minimum Gasteiger partial charge on any atom is -0.456 e. The van der Waals surface area contributed by atoms with Crippen LogP contribution in [0, 0.1) is 0 Å². The number of rotatable bonds is 3. The van der Waals surface area contributed by atoms with Crippen LogP contribution in [0.4, 0.5) is 0 Å². The van der Waals surface area contributed by atoms with Crippen molar-refractivity contribution in [3.8, 4) is 33.4 Å². The Kier molecular flexibility index (Phi) is 2.79. The highest BCUT2D eigenvalue weighted by atomic mass is 16.3. The molecular weight excluding hydrogens is 520 g/mol. The maximum atomic E-state index is 9.58. The lowest BCUT2D eigenvalue weighted by Crippen LogP contribution is -1.91. The minimum atomic E-state index is -0.878. The van der Waals surface area contributed by atoms with Crippen LogP contribution in [0.15, 0.2) is 162 Å². The fourth-order valence-electron chi connectivity index (χ4n) is 5.83. The van der Waals surface area contributed by atoms with Gasteiger partial charge in [-0.05, 0) is 89.9 Å². The zero-order valence-electron chi connectivity index (χ0n) is 39.1. The first-order valence-electron chi connectivity index (χ1n) is 21.9. The quantitative estimate of drug-likeness (QED) is 0.195. The van der Waals surface area contributed by atoms with Gasteiger partial charge in [0.05, 0.1) is 23.3 Å². The topological polar surface area (TPSA) is 13.1 Å².